The largest absolute Gasteiger partial charge is 0.489 e. The minimum atomic E-state index is -0.898. The molecule has 140 valence electrons. The third-order valence-corrected chi connectivity index (χ3v) is 4.21. The third-order valence-electron chi connectivity index (χ3n) is 4.21. The predicted octanol–water partition coefficient (Wildman–Crippen LogP) is 5.57. The molecule has 0 atom stereocenters. The highest BCUT2D eigenvalue weighted by Crippen LogP contribution is 2.25. The summed E-state index contributed by atoms with van der Waals surface area (Å²) in [5.74, 6) is -0.349. The molecule has 0 fully saturated rings. The van der Waals surface area contributed by atoms with Crippen molar-refractivity contribution in [2.24, 2.45) is 0 Å². The van der Waals surface area contributed by atoms with Crippen LogP contribution in [-0.2, 0) is 6.61 Å². The number of nitrogens with zero attached hydrogens (tertiary/aromatic N) is 2. The van der Waals surface area contributed by atoms with Gasteiger partial charge in [-0.25, -0.2) is 8.78 Å². The number of aryl methyl sites for hydroxylation is 1. The Bertz CT molecular complexity index is 1110. The number of benzene rings is 3. The van der Waals surface area contributed by atoms with Crippen LogP contribution in [0.3, 0.4) is 0 Å². The van der Waals surface area contributed by atoms with Gasteiger partial charge in [0, 0.05) is 11.1 Å². The van der Waals surface area contributed by atoms with Gasteiger partial charge in [0.05, 0.1) is 0 Å². The molecule has 0 aliphatic carbocycles. The number of rotatable bonds is 5. The maximum atomic E-state index is 13.3. The van der Waals surface area contributed by atoms with Crippen molar-refractivity contribution in [3.05, 3.63) is 89.5 Å². The second-order valence-corrected chi connectivity index (χ2v) is 6.35. The van der Waals surface area contributed by atoms with Gasteiger partial charge in [-0.15, -0.1) is 0 Å². The molecule has 0 saturated carbocycles. The second-order valence-electron chi connectivity index (χ2n) is 6.35. The molecule has 0 radical (unpaired) electrons. The molecule has 0 bridgehead atoms. The van der Waals surface area contributed by atoms with E-state index in [1.807, 2.05) is 37.3 Å². The SMILES string of the molecule is Cc1ccc(-c2nc(-c3cccc(OCc4ccc(F)c(F)c4)c3)no2)cc1. The Balaban J connectivity index is 1.50. The summed E-state index contributed by atoms with van der Waals surface area (Å²) in [6.45, 7) is 2.12. The van der Waals surface area contributed by atoms with Crippen molar-refractivity contribution in [1.29, 1.82) is 0 Å². The lowest BCUT2D eigenvalue weighted by molar-refractivity contribution is 0.305. The molecule has 1 aromatic heterocycles. The molecule has 0 N–H and O–H groups in total. The molecule has 4 nitrogen and oxygen atoms in total. The molecular formula is C22H16F2N2O2. The highest BCUT2D eigenvalue weighted by atomic mass is 19.2. The van der Waals surface area contributed by atoms with Crippen LogP contribution >= 0.6 is 0 Å². The molecule has 0 aliphatic heterocycles. The van der Waals surface area contributed by atoms with Crippen LogP contribution in [0.15, 0.2) is 71.3 Å². The number of hydrogen-bond donors (Lipinski definition) is 0. The van der Waals surface area contributed by atoms with E-state index < -0.39 is 11.6 Å². The molecule has 0 saturated heterocycles. The third kappa shape index (κ3) is 3.91. The van der Waals surface area contributed by atoms with Crippen molar-refractivity contribution >= 4 is 0 Å². The van der Waals surface area contributed by atoms with Gasteiger partial charge in [0.2, 0.25) is 5.82 Å². The molecule has 0 unspecified atom stereocenters. The van der Waals surface area contributed by atoms with Crippen LogP contribution in [0.1, 0.15) is 11.1 Å². The van der Waals surface area contributed by atoms with Crippen LogP contribution in [0.4, 0.5) is 8.78 Å². The molecule has 4 rings (SSSR count). The zero-order chi connectivity index (χ0) is 19.5. The zero-order valence-corrected chi connectivity index (χ0v) is 15.0. The standard InChI is InChI=1S/C22H16F2N2O2/c1-14-5-8-16(9-6-14)22-25-21(26-28-22)17-3-2-4-18(12-17)27-13-15-7-10-19(23)20(24)11-15/h2-12H,13H2,1H3. The Morgan fingerprint density at radius 3 is 2.50 bits per heavy atom. The fourth-order valence-electron chi connectivity index (χ4n) is 2.68. The Morgan fingerprint density at radius 2 is 1.71 bits per heavy atom. The molecule has 0 aliphatic rings. The van der Waals surface area contributed by atoms with E-state index in [4.69, 9.17) is 9.26 Å². The Kier molecular flexibility index (Phi) is 4.85. The van der Waals surface area contributed by atoms with Gasteiger partial charge in [0.25, 0.3) is 5.89 Å². The van der Waals surface area contributed by atoms with Crippen LogP contribution in [-0.4, -0.2) is 10.1 Å². The highest BCUT2D eigenvalue weighted by molar-refractivity contribution is 5.61. The summed E-state index contributed by atoms with van der Waals surface area (Å²) in [5.41, 5.74) is 3.25. The van der Waals surface area contributed by atoms with E-state index in [1.54, 1.807) is 18.2 Å². The van der Waals surface area contributed by atoms with Crippen molar-refractivity contribution in [1.82, 2.24) is 10.1 Å². The van der Waals surface area contributed by atoms with Crippen molar-refractivity contribution in [3.8, 4) is 28.6 Å². The quantitative estimate of drug-likeness (QED) is 0.456. The Hall–Kier alpha value is -3.54. The first-order valence-corrected chi connectivity index (χ1v) is 8.66. The highest BCUT2D eigenvalue weighted by Gasteiger charge is 2.11. The van der Waals surface area contributed by atoms with Gasteiger partial charge in [0.15, 0.2) is 11.6 Å². The fraction of sp³-hybridized carbons (Fsp3) is 0.0909. The number of halogens is 2. The van der Waals surface area contributed by atoms with Gasteiger partial charge in [0.1, 0.15) is 12.4 Å². The maximum Gasteiger partial charge on any atom is 0.258 e. The lowest BCUT2D eigenvalue weighted by atomic mass is 10.1. The summed E-state index contributed by atoms with van der Waals surface area (Å²) < 4.78 is 37.3. The average molecular weight is 378 g/mol. The summed E-state index contributed by atoms with van der Waals surface area (Å²) in [5, 5.41) is 4.03. The molecule has 6 heteroatoms. The van der Waals surface area contributed by atoms with Gasteiger partial charge in [-0.1, -0.05) is 41.1 Å². The molecule has 0 amide bonds. The van der Waals surface area contributed by atoms with E-state index in [1.165, 1.54) is 6.07 Å². The van der Waals surface area contributed by atoms with E-state index >= 15 is 0 Å². The normalized spacial score (nSPS) is 10.8. The molecular weight excluding hydrogens is 362 g/mol. The van der Waals surface area contributed by atoms with Gasteiger partial charge < -0.3 is 9.26 Å². The first-order valence-electron chi connectivity index (χ1n) is 8.66. The fourth-order valence-corrected chi connectivity index (χ4v) is 2.68. The summed E-state index contributed by atoms with van der Waals surface area (Å²) in [6, 6.07) is 18.7. The molecule has 28 heavy (non-hydrogen) atoms. The van der Waals surface area contributed by atoms with Crippen LogP contribution in [0.25, 0.3) is 22.8 Å². The maximum absolute atomic E-state index is 13.3. The summed E-state index contributed by atoms with van der Waals surface area (Å²) in [7, 11) is 0. The lowest BCUT2D eigenvalue weighted by Crippen LogP contribution is -1.97. The first kappa shape index (κ1) is 17.9. The molecule has 3 aromatic carbocycles. The minimum absolute atomic E-state index is 0.113. The second kappa shape index (κ2) is 7.60. The van der Waals surface area contributed by atoms with Gasteiger partial charge in [-0.3, -0.25) is 0 Å². The molecule has 1 heterocycles. The Morgan fingerprint density at radius 1 is 0.893 bits per heavy atom. The number of hydrogen-bond acceptors (Lipinski definition) is 4. The van der Waals surface area contributed by atoms with E-state index in [-0.39, 0.29) is 6.61 Å². The van der Waals surface area contributed by atoms with Gasteiger partial charge >= 0.3 is 0 Å². The van der Waals surface area contributed by atoms with E-state index in [2.05, 4.69) is 10.1 Å². The smallest absolute Gasteiger partial charge is 0.258 e. The summed E-state index contributed by atoms with van der Waals surface area (Å²) in [4.78, 5) is 4.44. The van der Waals surface area contributed by atoms with Crippen molar-refractivity contribution < 1.29 is 18.0 Å². The lowest BCUT2D eigenvalue weighted by Gasteiger charge is -2.07. The topological polar surface area (TPSA) is 48.2 Å². The van der Waals surface area contributed by atoms with Crippen LogP contribution in [0.5, 0.6) is 5.75 Å². The number of ether oxygens (including phenoxy) is 1. The zero-order valence-electron chi connectivity index (χ0n) is 15.0. The van der Waals surface area contributed by atoms with Crippen molar-refractivity contribution in [3.63, 3.8) is 0 Å². The van der Waals surface area contributed by atoms with Gasteiger partial charge in [-0.2, -0.15) is 4.98 Å². The predicted molar refractivity (Wildman–Crippen MR) is 101 cm³/mol. The van der Waals surface area contributed by atoms with Crippen molar-refractivity contribution in [2.75, 3.05) is 0 Å². The van der Waals surface area contributed by atoms with E-state index in [0.29, 0.717) is 23.0 Å². The first-order chi connectivity index (χ1) is 13.6. The molecule has 0 spiro atoms. The van der Waals surface area contributed by atoms with Crippen LogP contribution < -0.4 is 4.74 Å². The number of aromatic nitrogens is 2. The van der Waals surface area contributed by atoms with E-state index in [0.717, 1.165) is 28.8 Å². The Labute approximate surface area is 160 Å². The van der Waals surface area contributed by atoms with Gasteiger partial charge in [-0.05, 0) is 48.9 Å². The summed E-state index contributed by atoms with van der Waals surface area (Å²) >= 11 is 0. The van der Waals surface area contributed by atoms with Crippen LogP contribution in [0, 0.1) is 18.6 Å². The van der Waals surface area contributed by atoms with E-state index in [9.17, 15) is 8.78 Å². The van der Waals surface area contributed by atoms with Crippen LogP contribution in [0.2, 0.25) is 0 Å². The summed E-state index contributed by atoms with van der Waals surface area (Å²) in [6.07, 6.45) is 0. The van der Waals surface area contributed by atoms with Crippen molar-refractivity contribution in [2.45, 2.75) is 13.5 Å². The monoisotopic (exact) mass is 378 g/mol. The minimum Gasteiger partial charge on any atom is -0.489 e. The molecule has 4 aromatic rings. The average Bonchev–Trinajstić information content (AvgIpc) is 3.20.